The van der Waals surface area contributed by atoms with Crippen LogP contribution in [0.2, 0.25) is 0 Å². The van der Waals surface area contributed by atoms with Crippen molar-refractivity contribution in [3.63, 3.8) is 0 Å². The molecule has 0 amide bonds. The lowest BCUT2D eigenvalue weighted by Gasteiger charge is -2.24. The van der Waals surface area contributed by atoms with E-state index in [-0.39, 0.29) is 17.6 Å². The van der Waals surface area contributed by atoms with E-state index in [0.717, 1.165) is 17.7 Å². The molecule has 0 radical (unpaired) electrons. The van der Waals surface area contributed by atoms with E-state index in [0.29, 0.717) is 0 Å². The van der Waals surface area contributed by atoms with Gasteiger partial charge in [-0.15, -0.1) is 0 Å². The Kier molecular flexibility index (Phi) is 4.32. The zero-order chi connectivity index (χ0) is 14.7. The van der Waals surface area contributed by atoms with Crippen LogP contribution in [0.5, 0.6) is 0 Å². The highest BCUT2D eigenvalue weighted by Crippen LogP contribution is 2.27. The van der Waals surface area contributed by atoms with Crippen molar-refractivity contribution in [1.82, 2.24) is 0 Å². The third kappa shape index (κ3) is 3.13. The van der Waals surface area contributed by atoms with Crippen molar-refractivity contribution >= 4 is 5.69 Å². The third-order valence-electron chi connectivity index (χ3n) is 3.13. The standard InChI is InChI=1S/C16H16F3N/c1-10(2)16(11-6-4-3-5-7-11)20-12-8-13(17)15(19)14(18)9-12/h3-10,16,20H,1-2H3. The second-order valence-corrected chi connectivity index (χ2v) is 5.03. The van der Waals surface area contributed by atoms with Crippen molar-refractivity contribution in [3.05, 3.63) is 65.5 Å². The van der Waals surface area contributed by atoms with E-state index in [1.54, 1.807) is 0 Å². The van der Waals surface area contributed by atoms with E-state index >= 15 is 0 Å². The molecule has 0 heterocycles. The van der Waals surface area contributed by atoms with Crippen molar-refractivity contribution in [2.24, 2.45) is 5.92 Å². The van der Waals surface area contributed by atoms with Gasteiger partial charge in [0.1, 0.15) is 0 Å². The average Bonchev–Trinajstić information content (AvgIpc) is 2.42. The molecule has 106 valence electrons. The number of hydrogen-bond acceptors (Lipinski definition) is 1. The largest absolute Gasteiger partial charge is 0.378 e. The van der Waals surface area contributed by atoms with Gasteiger partial charge in [-0.1, -0.05) is 44.2 Å². The maximum absolute atomic E-state index is 13.2. The molecule has 0 aromatic heterocycles. The molecule has 0 aliphatic heterocycles. The average molecular weight is 279 g/mol. The Labute approximate surface area is 116 Å². The lowest BCUT2D eigenvalue weighted by molar-refractivity contribution is 0.447. The van der Waals surface area contributed by atoms with Gasteiger partial charge < -0.3 is 5.32 Å². The molecule has 0 spiro atoms. The molecule has 20 heavy (non-hydrogen) atoms. The monoisotopic (exact) mass is 279 g/mol. The van der Waals surface area contributed by atoms with Crippen molar-refractivity contribution in [3.8, 4) is 0 Å². The van der Waals surface area contributed by atoms with Crippen LogP contribution in [0, 0.1) is 23.4 Å². The Hall–Kier alpha value is -1.97. The fraction of sp³-hybridized carbons (Fsp3) is 0.250. The molecule has 0 fully saturated rings. The predicted molar refractivity (Wildman–Crippen MR) is 74.0 cm³/mol. The molecule has 0 bridgehead atoms. The summed E-state index contributed by atoms with van der Waals surface area (Å²) in [7, 11) is 0. The van der Waals surface area contributed by atoms with Crippen molar-refractivity contribution in [2.75, 3.05) is 5.32 Å². The van der Waals surface area contributed by atoms with Gasteiger partial charge in [0.05, 0.1) is 6.04 Å². The zero-order valence-electron chi connectivity index (χ0n) is 11.3. The summed E-state index contributed by atoms with van der Waals surface area (Å²) < 4.78 is 39.4. The van der Waals surface area contributed by atoms with Crippen LogP contribution < -0.4 is 5.32 Å². The van der Waals surface area contributed by atoms with Gasteiger partial charge in [0.25, 0.3) is 0 Å². The van der Waals surface area contributed by atoms with Gasteiger partial charge in [0.15, 0.2) is 17.5 Å². The number of rotatable bonds is 4. The molecule has 2 aromatic carbocycles. The highest BCUT2D eigenvalue weighted by atomic mass is 19.2. The summed E-state index contributed by atoms with van der Waals surface area (Å²) in [5, 5.41) is 3.06. The summed E-state index contributed by atoms with van der Waals surface area (Å²) in [4.78, 5) is 0. The molecular weight excluding hydrogens is 263 g/mol. The first-order valence-corrected chi connectivity index (χ1v) is 6.45. The van der Waals surface area contributed by atoms with Crippen LogP contribution in [-0.4, -0.2) is 0 Å². The fourth-order valence-corrected chi connectivity index (χ4v) is 2.11. The smallest absolute Gasteiger partial charge is 0.194 e. The minimum absolute atomic E-state index is 0.111. The quantitative estimate of drug-likeness (QED) is 0.784. The topological polar surface area (TPSA) is 12.0 Å². The first kappa shape index (κ1) is 14.4. The summed E-state index contributed by atoms with van der Waals surface area (Å²) >= 11 is 0. The Morgan fingerprint density at radius 1 is 0.900 bits per heavy atom. The Morgan fingerprint density at radius 3 is 1.95 bits per heavy atom. The molecule has 0 aliphatic carbocycles. The van der Waals surface area contributed by atoms with Crippen LogP contribution in [-0.2, 0) is 0 Å². The van der Waals surface area contributed by atoms with Gasteiger partial charge in [0.2, 0.25) is 0 Å². The summed E-state index contributed by atoms with van der Waals surface area (Å²) in [6.07, 6.45) is 0. The zero-order valence-corrected chi connectivity index (χ0v) is 11.3. The number of halogens is 3. The summed E-state index contributed by atoms with van der Waals surface area (Å²) in [6, 6.07) is 11.4. The molecule has 0 saturated heterocycles. The lowest BCUT2D eigenvalue weighted by Crippen LogP contribution is -2.17. The van der Waals surface area contributed by atoms with E-state index in [9.17, 15) is 13.2 Å². The molecule has 0 saturated carbocycles. The third-order valence-corrected chi connectivity index (χ3v) is 3.13. The van der Waals surface area contributed by atoms with Gasteiger partial charge in [-0.3, -0.25) is 0 Å². The van der Waals surface area contributed by atoms with E-state index in [2.05, 4.69) is 5.32 Å². The SMILES string of the molecule is CC(C)C(Nc1cc(F)c(F)c(F)c1)c1ccccc1. The summed E-state index contributed by atoms with van der Waals surface area (Å²) in [6.45, 7) is 4.00. The molecule has 1 unspecified atom stereocenters. The molecule has 2 rings (SSSR count). The number of anilines is 1. The number of nitrogens with one attached hydrogen (secondary N) is 1. The molecule has 1 atom stereocenters. The van der Waals surface area contributed by atoms with Crippen LogP contribution in [0.1, 0.15) is 25.5 Å². The van der Waals surface area contributed by atoms with E-state index < -0.39 is 17.5 Å². The van der Waals surface area contributed by atoms with Crippen LogP contribution >= 0.6 is 0 Å². The summed E-state index contributed by atoms with van der Waals surface area (Å²) in [5.74, 6) is -3.63. The second-order valence-electron chi connectivity index (χ2n) is 5.03. The first-order chi connectivity index (χ1) is 9.49. The number of benzene rings is 2. The Bertz CT molecular complexity index is 559. The Balaban J connectivity index is 2.30. The van der Waals surface area contributed by atoms with Gasteiger partial charge in [-0.25, -0.2) is 13.2 Å². The first-order valence-electron chi connectivity index (χ1n) is 6.45. The molecular formula is C16H16F3N. The Morgan fingerprint density at radius 2 is 1.45 bits per heavy atom. The van der Waals surface area contributed by atoms with Crippen LogP contribution in [0.4, 0.5) is 18.9 Å². The maximum atomic E-state index is 13.2. The van der Waals surface area contributed by atoms with E-state index in [1.807, 2.05) is 44.2 Å². The van der Waals surface area contributed by atoms with Crippen molar-refractivity contribution in [2.45, 2.75) is 19.9 Å². The molecule has 2 aromatic rings. The number of hydrogen-bond donors (Lipinski definition) is 1. The highest BCUT2D eigenvalue weighted by Gasteiger charge is 2.17. The fourth-order valence-electron chi connectivity index (χ4n) is 2.11. The van der Waals surface area contributed by atoms with Gasteiger partial charge in [0, 0.05) is 17.8 Å². The molecule has 1 nitrogen and oxygen atoms in total. The minimum atomic E-state index is -1.45. The lowest BCUT2D eigenvalue weighted by atomic mass is 9.96. The predicted octanol–water partition coefficient (Wildman–Crippen LogP) is 4.91. The van der Waals surface area contributed by atoms with E-state index in [1.165, 1.54) is 0 Å². The van der Waals surface area contributed by atoms with Gasteiger partial charge in [-0.2, -0.15) is 0 Å². The molecule has 1 N–H and O–H groups in total. The van der Waals surface area contributed by atoms with E-state index in [4.69, 9.17) is 0 Å². The van der Waals surface area contributed by atoms with Crippen LogP contribution in [0.15, 0.2) is 42.5 Å². The minimum Gasteiger partial charge on any atom is -0.378 e. The highest BCUT2D eigenvalue weighted by molar-refractivity contribution is 5.46. The van der Waals surface area contributed by atoms with Crippen LogP contribution in [0.25, 0.3) is 0 Å². The van der Waals surface area contributed by atoms with Gasteiger partial charge >= 0.3 is 0 Å². The molecule has 0 aliphatic rings. The van der Waals surface area contributed by atoms with Crippen molar-refractivity contribution < 1.29 is 13.2 Å². The van der Waals surface area contributed by atoms with Gasteiger partial charge in [-0.05, 0) is 11.5 Å². The van der Waals surface area contributed by atoms with Crippen molar-refractivity contribution in [1.29, 1.82) is 0 Å². The summed E-state index contributed by atoms with van der Waals surface area (Å²) in [5.41, 5.74) is 1.23. The second kappa shape index (κ2) is 5.99. The maximum Gasteiger partial charge on any atom is 0.194 e. The molecule has 4 heteroatoms. The normalized spacial score (nSPS) is 12.5. The van der Waals surface area contributed by atoms with Crippen LogP contribution in [0.3, 0.4) is 0 Å².